The Bertz CT molecular complexity index is 1420. The van der Waals surface area contributed by atoms with E-state index in [1.54, 1.807) is 12.1 Å². The number of hydrogen-bond acceptors (Lipinski definition) is 5. The van der Waals surface area contributed by atoms with Crippen molar-refractivity contribution >= 4 is 16.6 Å². The lowest BCUT2D eigenvalue weighted by Gasteiger charge is -2.11. The van der Waals surface area contributed by atoms with Crippen LogP contribution in [0.2, 0.25) is 0 Å². The van der Waals surface area contributed by atoms with Gasteiger partial charge in [0.1, 0.15) is 5.75 Å². The van der Waals surface area contributed by atoms with Gasteiger partial charge in [-0.2, -0.15) is 4.98 Å². The normalized spacial score (nSPS) is 10.8. The van der Waals surface area contributed by atoms with Crippen LogP contribution in [0, 0.1) is 10.1 Å². The van der Waals surface area contributed by atoms with Gasteiger partial charge in [0.25, 0.3) is 5.69 Å². The molecule has 0 atom stereocenters. The Morgan fingerprint density at radius 3 is 2.16 bits per heavy atom. The largest absolute Gasteiger partial charge is 0.438 e. The predicted molar refractivity (Wildman–Crippen MR) is 124 cm³/mol. The number of para-hydroxylation sites is 1. The first-order chi connectivity index (χ1) is 15.7. The molecule has 154 valence electrons. The summed E-state index contributed by atoms with van der Waals surface area (Å²) >= 11 is 0. The third-order valence-electron chi connectivity index (χ3n) is 5.06. The van der Waals surface area contributed by atoms with Crippen molar-refractivity contribution in [3.63, 3.8) is 0 Å². The Morgan fingerprint density at radius 1 is 0.688 bits per heavy atom. The maximum Gasteiger partial charge on any atom is 0.270 e. The van der Waals surface area contributed by atoms with Crippen LogP contribution in [0.3, 0.4) is 0 Å². The monoisotopic (exact) mass is 419 g/mol. The van der Waals surface area contributed by atoms with Crippen molar-refractivity contribution in [2.75, 3.05) is 0 Å². The first-order valence-electron chi connectivity index (χ1n) is 10.0. The number of nitrogens with zero attached hydrogens (tertiary/aromatic N) is 3. The number of rotatable bonds is 5. The zero-order valence-electron chi connectivity index (χ0n) is 16.9. The Balaban J connectivity index is 1.53. The quantitative estimate of drug-likeness (QED) is 0.235. The summed E-state index contributed by atoms with van der Waals surface area (Å²) < 4.78 is 6.14. The van der Waals surface area contributed by atoms with Crippen LogP contribution < -0.4 is 4.74 Å². The Labute approximate surface area is 183 Å². The zero-order chi connectivity index (χ0) is 21.9. The van der Waals surface area contributed by atoms with Gasteiger partial charge >= 0.3 is 0 Å². The molecular weight excluding hydrogens is 402 g/mol. The Hall–Kier alpha value is -4.58. The van der Waals surface area contributed by atoms with Crippen LogP contribution in [-0.2, 0) is 0 Å². The molecule has 0 aliphatic heterocycles. The van der Waals surface area contributed by atoms with Gasteiger partial charge in [-0.3, -0.25) is 10.1 Å². The van der Waals surface area contributed by atoms with E-state index in [-0.39, 0.29) is 5.69 Å². The second-order valence-electron chi connectivity index (χ2n) is 7.17. The number of nitro groups is 1. The fourth-order valence-electron chi connectivity index (χ4n) is 3.47. The molecule has 5 rings (SSSR count). The SMILES string of the molecule is O=[N+]([O-])c1cccc(-c2nc(Oc3ccc(-c4ccccc4)cc3)c3ccccc3n2)c1. The molecule has 0 unspecified atom stereocenters. The Morgan fingerprint density at radius 2 is 1.38 bits per heavy atom. The highest BCUT2D eigenvalue weighted by Crippen LogP contribution is 2.32. The molecule has 0 bridgehead atoms. The highest BCUT2D eigenvalue weighted by Gasteiger charge is 2.14. The van der Waals surface area contributed by atoms with Gasteiger partial charge in [0.05, 0.1) is 15.8 Å². The van der Waals surface area contributed by atoms with E-state index in [1.165, 1.54) is 12.1 Å². The molecule has 0 amide bonds. The standard InChI is InChI=1S/C26H17N3O3/c30-29(31)21-10-6-9-20(17-21)25-27-24-12-5-4-11-23(24)26(28-25)32-22-15-13-19(14-16-22)18-7-2-1-3-8-18/h1-17H. The van der Waals surface area contributed by atoms with Gasteiger partial charge in [-0.1, -0.05) is 66.7 Å². The maximum atomic E-state index is 11.2. The van der Waals surface area contributed by atoms with Crippen LogP contribution in [0.15, 0.2) is 103 Å². The molecule has 0 fully saturated rings. The van der Waals surface area contributed by atoms with Gasteiger partial charge in [0, 0.05) is 17.7 Å². The van der Waals surface area contributed by atoms with Gasteiger partial charge in [-0.25, -0.2) is 4.98 Å². The van der Waals surface area contributed by atoms with Crippen LogP contribution >= 0.6 is 0 Å². The molecule has 6 nitrogen and oxygen atoms in total. The van der Waals surface area contributed by atoms with Crippen LogP contribution in [0.5, 0.6) is 11.6 Å². The lowest BCUT2D eigenvalue weighted by atomic mass is 10.1. The molecule has 32 heavy (non-hydrogen) atoms. The lowest BCUT2D eigenvalue weighted by molar-refractivity contribution is -0.384. The number of fused-ring (bicyclic) bond motifs is 1. The molecule has 1 heterocycles. The maximum absolute atomic E-state index is 11.2. The van der Waals surface area contributed by atoms with Gasteiger partial charge in [-0.05, 0) is 35.4 Å². The van der Waals surface area contributed by atoms with Crippen molar-refractivity contribution in [3.8, 4) is 34.1 Å². The fraction of sp³-hybridized carbons (Fsp3) is 0. The van der Waals surface area contributed by atoms with Gasteiger partial charge < -0.3 is 4.74 Å². The van der Waals surface area contributed by atoms with E-state index in [0.717, 1.165) is 16.5 Å². The van der Waals surface area contributed by atoms with E-state index >= 15 is 0 Å². The molecule has 6 heteroatoms. The van der Waals surface area contributed by atoms with E-state index in [0.29, 0.717) is 28.5 Å². The second-order valence-corrected chi connectivity index (χ2v) is 7.17. The van der Waals surface area contributed by atoms with E-state index in [2.05, 4.69) is 22.1 Å². The summed E-state index contributed by atoms with van der Waals surface area (Å²) in [5, 5.41) is 11.9. The van der Waals surface area contributed by atoms with Crippen molar-refractivity contribution < 1.29 is 9.66 Å². The van der Waals surface area contributed by atoms with Gasteiger partial charge in [-0.15, -0.1) is 0 Å². The average Bonchev–Trinajstić information content (AvgIpc) is 2.85. The number of ether oxygens (including phenoxy) is 1. The number of non-ortho nitro benzene ring substituents is 1. The number of aromatic nitrogens is 2. The lowest BCUT2D eigenvalue weighted by Crippen LogP contribution is -1.97. The second kappa shape index (κ2) is 8.28. The van der Waals surface area contributed by atoms with E-state index in [1.807, 2.05) is 66.7 Å². The third kappa shape index (κ3) is 3.89. The summed E-state index contributed by atoms with van der Waals surface area (Å²) in [4.78, 5) is 19.9. The van der Waals surface area contributed by atoms with Crippen molar-refractivity contribution in [1.82, 2.24) is 9.97 Å². The average molecular weight is 419 g/mol. The Kier molecular flexibility index (Phi) is 5.01. The highest BCUT2D eigenvalue weighted by atomic mass is 16.6. The summed E-state index contributed by atoms with van der Waals surface area (Å²) in [7, 11) is 0. The van der Waals surface area contributed by atoms with Gasteiger partial charge in [0.15, 0.2) is 5.82 Å². The minimum absolute atomic E-state index is 0.0155. The van der Waals surface area contributed by atoms with Crippen molar-refractivity contribution in [2.45, 2.75) is 0 Å². The number of benzene rings is 4. The van der Waals surface area contributed by atoms with E-state index < -0.39 is 4.92 Å². The molecule has 0 saturated carbocycles. The van der Waals surface area contributed by atoms with Crippen molar-refractivity contribution in [1.29, 1.82) is 0 Å². The van der Waals surface area contributed by atoms with Gasteiger partial charge in [0.2, 0.25) is 5.88 Å². The molecule has 0 N–H and O–H groups in total. The number of nitro benzene ring substituents is 1. The topological polar surface area (TPSA) is 78.2 Å². The summed E-state index contributed by atoms with van der Waals surface area (Å²) in [6, 6.07) is 31.7. The first kappa shape index (κ1) is 19.4. The van der Waals surface area contributed by atoms with Crippen LogP contribution in [0.4, 0.5) is 5.69 Å². The molecule has 0 aliphatic rings. The van der Waals surface area contributed by atoms with Crippen LogP contribution in [0.1, 0.15) is 0 Å². The smallest absolute Gasteiger partial charge is 0.270 e. The third-order valence-corrected chi connectivity index (χ3v) is 5.06. The van der Waals surface area contributed by atoms with E-state index in [4.69, 9.17) is 4.74 Å². The zero-order valence-corrected chi connectivity index (χ0v) is 16.9. The van der Waals surface area contributed by atoms with Crippen molar-refractivity contribution in [2.24, 2.45) is 0 Å². The van der Waals surface area contributed by atoms with Crippen molar-refractivity contribution in [3.05, 3.63) is 113 Å². The molecule has 0 spiro atoms. The summed E-state index contributed by atoms with van der Waals surface area (Å²) in [5.74, 6) is 1.39. The molecule has 0 saturated heterocycles. The molecule has 0 aliphatic carbocycles. The summed E-state index contributed by atoms with van der Waals surface area (Å²) in [6.07, 6.45) is 0. The fourth-order valence-corrected chi connectivity index (χ4v) is 3.47. The minimum Gasteiger partial charge on any atom is -0.438 e. The summed E-state index contributed by atoms with van der Waals surface area (Å²) in [6.45, 7) is 0. The minimum atomic E-state index is -0.434. The number of hydrogen-bond donors (Lipinski definition) is 0. The first-order valence-corrected chi connectivity index (χ1v) is 10.0. The van der Waals surface area contributed by atoms with Crippen LogP contribution in [-0.4, -0.2) is 14.9 Å². The molecule has 1 aromatic heterocycles. The van der Waals surface area contributed by atoms with Crippen LogP contribution in [0.25, 0.3) is 33.4 Å². The predicted octanol–water partition coefficient (Wildman–Crippen LogP) is 6.66. The molecule has 5 aromatic rings. The highest BCUT2D eigenvalue weighted by molar-refractivity contribution is 5.85. The summed E-state index contributed by atoms with van der Waals surface area (Å²) in [5.41, 5.74) is 3.44. The molecule has 4 aromatic carbocycles. The molecule has 0 radical (unpaired) electrons. The molecular formula is C26H17N3O3. The van der Waals surface area contributed by atoms with E-state index in [9.17, 15) is 10.1 Å².